The van der Waals surface area contributed by atoms with Crippen molar-refractivity contribution in [2.24, 2.45) is 0 Å². The summed E-state index contributed by atoms with van der Waals surface area (Å²) in [6.45, 7) is 1.78. The van der Waals surface area contributed by atoms with E-state index in [0.717, 1.165) is 11.3 Å². The molecule has 19 heavy (non-hydrogen) atoms. The Morgan fingerprint density at radius 1 is 1.42 bits per heavy atom. The van der Waals surface area contributed by atoms with Crippen LogP contribution in [-0.4, -0.2) is 11.7 Å². The predicted octanol–water partition coefficient (Wildman–Crippen LogP) is 4.07. The van der Waals surface area contributed by atoms with Gasteiger partial charge in [-0.05, 0) is 42.1 Å². The molecule has 0 radical (unpaired) electrons. The molecule has 0 bridgehead atoms. The van der Waals surface area contributed by atoms with E-state index < -0.39 is 0 Å². The minimum atomic E-state index is -0.289. The van der Waals surface area contributed by atoms with E-state index in [1.54, 1.807) is 36.1 Å². The topological polar surface area (TPSA) is 29.1 Å². The molecule has 1 aromatic heterocycles. The molecule has 0 atom stereocenters. The Morgan fingerprint density at radius 3 is 2.95 bits per heavy atom. The van der Waals surface area contributed by atoms with Crippen LogP contribution in [0.2, 0.25) is 0 Å². The van der Waals surface area contributed by atoms with Crippen molar-refractivity contribution in [3.8, 4) is 0 Å². The first-order valence-corrected chi connectivity index (χ1v) is 7.85. The van der Waals surface area contributed by atoms with Crippen molar-refractivity contribution in [1.29, 1.82) is 0 Å². The Balaban J connectivity index is 1.80. The summed E-state index contributed by atoms with van der Waals surface area (Å²) < 4.78 is 12.9. The summed E-state index contributed by atoms with van der Waals surface area (Å²) >= 11 is 3.26. The Hall–Kier alpha value is -1.33. The molecule has 1 N–H and O–H groups in total. The van der Waals surface area contributed by atoms with Gasteiger partial charge in [-0.15, -0.1) is 23.1 Å². The predicted molar refractivity (Wildman–Crippen MR) is 80.2 cm³/mol. The highest BCUT2D eigenvalue weighted by molar-refractivity contribution is 7.99. The van der Waals surface area contributed by atoms with Crippen molar-refractivity contribution in [1.82, 2.24) is 0 Å². The molecule has 1 heterocycles. The molecule has 1 amide bonds. The molecule has 2 aromatic rings. The number of thioether (sulfide) groups is 1. The summed E-state index contributed by atoms with van der Waals surface area (Å²) in [5.41, 5.74) is 1.40. The third kappa shape index (κ3) is 4.36. The van der Waals surface area contributed by atoms with Gasteiger partial charge in [-0.25, -0.2) is 4.39 Å². The molecule has 0 unspecified atom stereocenters. The van der Waals surface area contributed by atoms with Crippen molar-refractivity contribution in [3.63, 3.8) is 0 Å². The van der Waals surface area contributed by atoms with Gasteiger partial charge in [-0.1, -0.05) is 6.07 Å². The standard InChI is InChI=1S/C14H14FNOS2/c1-10-7-11(15)4-5-13(10)16-14(17)9-18-8-12-3-2-6-19-12/h2-7H,8-9H2,1H3,(H,16,17). The smallest absolute Gasteiger partial charge is 0.234 e. The molecule has 0 saturated heterocycles. The van der Waals surface area contributed by atoms with Crippen molar-refractivity contribution < 1.29 is 9.18 Å². The maximum atomic E-state index is 12.9. The number of aryl methyl sites for hydroxylation is 1. The monoisotopic (exact) mass is 295 g/mol. The average molecular weight is 295 g/mol. The lowest BCUT2D eigenvalue weighted by molar-refractivity contribution is -0.113. The first-order chi connectivity index (χ1) is 9.15. The highest BCUT2D eigenvalue weighted by atomic mass is 32.2. The lowest BCUT2D eigenvalue weighted by Crippen LogP contribution is -2.15. The number of benzene rings is 1. The van der Waals surface area contributed by atoms with Gasteiger partial charge in [-0.3, -0.25) is 4.79 Å². The molecular formula is C14H14FNOS2. The largest absolute Gasteiger partial charge is 0.325 e. The van der Waals surface area contributed by atoms with Crippen LogP contribution >= 0.6 is 23.1 Å². The second-order valence-corrected chi connectivity index (χ2v) is 6.10. The van der Waals surface area contributed by atoms with E-state index in [4.69, 9.17) is 0 Å². The van der Waals surface area contributed by atoms with Crippen LogP contribution in [0.15, 0.2) is 35.7 Å². The lowest BCUT2D eigenvalue weighted by Gasteiger charge is -2.08. The molecule has 1 aromatic carbocycles. The number of anilines is 1. The van der Waals surface area contributed by atoms with Gasteiger partial charge in [0, 0.05) is 16.3 Å². The van der Waals surface area contributed by atoms with Gasteiger partial charge in [0.05, 0.1) is 5.75 Å². The van der Waals surface area contributed by atoms with Crippen molar-refractivity contribution >= 4 is 34.7 Å². The zero-order valence-corrected chi connectivity index (χ0v) is 12.1. The molecule has 100 valence electrons. The molecular weight excluding hydrogens is 281 g/mol. The summed E-state index contributed by atoms with van der Waals surface area (Å²) in [6.07, 6.45) is 0. The van der Waals surface area contributed by atoms with Crippen LogP contribution in [0.3, 0.4) is 0 Å². The molecule has 5 heteroatoms. The van der Waals surface area contributed by atoms with E-state index in [1.807, 2.05) is 11.4 Å². The second kappa shape index (κ2) is 6.73. The molecule has 0 fully saturated rings. The number of thiophene rings is 1. The van der Waals surface area contributed by atoms with Gasteiger partial charge in [0.2, 0.25) is 5.91 Å². The second-order valence-electron chi connectivity index (χ2n) is 4.08. The van der Waals surface area contributed by atoms with E-state index in [-0.39, 0.29) is 11.7 Å². The van der Waals surface area contributed by atoms with Gasteiger partial charge >= 0.3 is 0 Å². The van der Waals surface area contributed by atoms with Crippen LogP contribution in [0.5, 0.6) is 0 Å². The average Bonchev–Trinajstić information content (AvgIpc) is 2.86. The molecule has 0 aliphatic rings. The number of hydrogen-bond acceptors (Lipinski definition) is 3. The van der Waals surface area contributed by atoms with E-state index in [2.05, 4.69) is 11.4 Å². The Labute approximate surface area is 120 Å². The van der Waals surface area contributed by atoms with Gasteiger partial charge in [0.1, 0.15) is 5.82 Å². The van der Waals surface area contributed by atoms with E-state index in [1.165, 1.54) is 17.0 Å². The molecule has 0 aliphatic heterocycles. The van der Waals surface area contributed by atoms with Crippen LogP contribution in [0.4, 0.5) is 10.1 Å². The number of rotatable bonds is 5. The Bertz CT molecular complexity index is 555. The van der Waals surface area contributed by atoms with E-state index in [0.29, 0.717) is 11.4 Å². The van der Waals surface area contributed by atoms with Gasteiger partial charge < -0.3 is 5.32 Å². The number of carbonyl (C=O) groups excluding carboxylic acids is 1. The number of hydrogen-bond donors (Lipinski definition) is 1. The maximum absolute atomic E-state index is 12.9. The van der Waals surface area contributed by atoms with Gasteiger partial charge in [0.15, 0.2) is 0 Å². The molecule has 0 spiro atoms. The van der Waals surface area contributed by atoms with Gasteiger partial charge in [0.25, 0.3) is 0 Å². The van der Waals surface area contributed by atoms with E-state index in [9.17, 15) is 9.18 Å². The molecule has 2 nitrogen and oxygen atoms in total. The SMILES string of the molecule is Cc1cc(F)ccc1NC(=O)CSCc1cccs1. The number of halogens is 1. The molecule has 0 aliphatic carbocycles. The number of amides is 1. The zero-order chi connectivity index (χ0) is 13.7. The summed E-state index contributed by atoms with van der Waals surface area (Å²) in [4.78, 5) is 13.0. The van der Waals surface area contributed by atoms with Crippen LogP contribution in [0.1, 0.15) is 10.4 Å². The minimum absolute atomic E-state index is 0.0590. The Morgan fingerprint density at radius 2 is 2.26 bits per heavy atom. The van der Waals surface area contributed by atoms with Crippen molar-refractivity contribution in [3.05, 3.63) is 52.0 Å². The fourth-order valence-electron chi connectivity index (χ4n) is 1.59. The minimum Gasteiger partial charge on any atom is -0.325 e. The summed E-state index contributed by atoms with van der Waals surface area (Å²) in [7, 11) is 0. The maximum Gasteiger partial charge on any atom is 0.234 e. The first-order valence-electron chi connectivity index (χ1n) is 5.81. The highest BCUT2D eigenvalue weighted by Crippen LogP contribution is 2.19. The normalized spacial score (nSPS) is 10.4. The molecule has 2 rings (SSSR count). The van der Waals surface area contributed by atoms with Crippen molar-refractivity contribution in [2.75, 3.05) is 11.1 Å². The summed E-state index contributed by atoms with van der Waals surface area (Å²) in [5, 5.41) is 4.82. The fraction of sp³-hybridized carbons (Fsp3) is 0.214. The van der Waals surface area contributed by atoms with Crippen LogP contribution in [0.25, 0.3) is 0 Å². The number of nitrogens with one attached hydrogen (secondary N) is 1. The summed E-state index contributed by atoms with van der Waals surface area (Å²) in [5.74, 6) is 0.890. The van der Waals surface area contributed by atoms with Gasteiger partial charge in [-0.2, -0.15) is 0 Å². The Kier molecular flexibility index (Phi) is 4.99. The zero-order valence-electron chi connectivity index (χ0n) is 10.5. The highest BCUT2D eigenvalue weighted by Gasteiger charge is 2.06. The van der Waals surface area contributed by atoms with Crippen molar-refractivity contribution in [2.45, 2.75) is 12.7 Å². The van der Waals surface area contributed by atoms with E-state index >= 15 is 0 Å². The van der Waals surface area contributed by atoms with Crippen LogP contribution in [0, 0.1) is 12.7 Å². The van der Waals surface area contributed by atoms with Crippen LogP contribution in [-0.2, 0) is 10.5 Å². The number of carbonyl (C=O) groups is 1. The quantitative estimate of drug-likeness (QED) is 0.901. The summed E-state index contributed by atoms with van der Waals surface area (Å²) in [6, 6.07) is 8.41. The third-order valence-corrected chi connectivity index (χ3v) is 4.56. The first kappa shape index (κ1) is 14.1. The van der Waals surface area contributed by atoms with Crippen LogP contribution < -0.4 is 5.32 Å². The lowest BCUT2D eigenvalue weighted by atomic mass is 10.2. The fourth-order valence-corrected chi connectivity index (χ4v) is 3.26. The molecule has 0 saturated carbocycles. The third-order valence-electron chi connectivity index (χ3n) is 2.52.